The average Bonchev–Trinajstić information content (AvgIpc) is 2.44. The Kier molecular flexibility index (Phi) is 2.63. The van der Waals surface area contributed by atoms with Crippen molar-refractivity contribution in [1.82, 2.24) is 10.2 Å². The molecular weight excluding hydrogens is 188 g/mol. The SMILES string of the molecule is O=C1NC2CCCCC2N1CCCl. The summed E-state index contributed by atoms with van der Waals surface area (Å²) >= 11 is 5.66. The molecule has 2 amide bonds. The maximum absolute atomic E-state index is 11.5. The fourth-order valence-corrected chi connectivity index (χ4v) is 2.59. The Morgan fingerprint density at radius 2 is 2.23 bits per heavy atom. The first kappa shape index (κ1) is 9.13. The predicted octanol–water partition coefficient (Wildman–Crippen LogP) is 1.56. The molecule has 0 bridgehead atoms. The van der Waals surface area contributed by atoms with Gasteiger partial charge in [-0.2, -0.15) is 0 Å². The van der Waals surface area contributed by atoms with Gasteiger partial charge in [0, 0.05) is 12.4 Å². The number of rotatable bonds is 2. The van der Waals surface area contributed by atoms with E-state index in [4.69, 9.17) is 11.6 Å². The van der Waals surface area contributed by atoms with E-state index < -0.39 is 0 Å². The van der Waals surface area contributed by atoms with Crippen molar-refractivity contribution >= 4 is 17.6 Å². The second kappa shape index (κ2) is 3.74. The van der Waals surface area contributed by atoms with Gasteiger partial charge >= 0.3 is 6.03 Å². The fraction of sp³-hybridized carbons (Fsp3) is 0.889. The highest BCUT2D eigenvalue weighted by molar-refractivity contribution is 6.18. The summed E-state index contributed by atoms with van der Waals surface area (Å²) in [6.45, 7) is 0.689. The molecule has 2 fully saturated rings. The number of fused-ring (bicyclic) bond motifs is 1. The van der Waals surface area contributed by atoms with Crippen molar-refractivity contribution in [3.05, 3.63) is 0 Å². The van der Waals surface area contributed by atoms with Crippen LogP contribution in [0.15, 0.2) is 0 Å². The monoisotopic (exact) mass is 202 g/mol. The first-order chi connectivity index (χ1) is 6.33. The largest absolute Gasteiger partial charge is 0.333 e. The van der Waals surface area contributed by atoms with Crippen LogP contribution >= 0.6 is 11.6 Å². The van der Waals surface area contributed by atoms with Gasteiger partial charge in [-0.05, 0) is 12.8 Å². The van der Waals surface area contributed by atoms with Gasteiger partial charge in [0.25, 0.3) is 0 Å². The molecule has 0 aromatic rings. The van der Waals surface area contributed by atoms with E-state index >= 15 is 0 Å². The number of halogens is 1. The van der Waals surface area contributed by atoms with Crippen LogP contribution in [0.1, 0.15) is 25.7 Å². The quantitative estimate of drug-likeness (QED) is 0.678. The summed E-state index contributed by atoms with van der Waals surface area (Å²) in [6.07, 6.45) is 4.76. The normalized spacial score (nSPS) is 33.0. The van der Waals surface area contributed by atoms with Crippen molar-refractivity contribution in [2.45, 2.75) is 37.8 Å². The van der Waals surface area contributed by atoms with Crippen LogP contribution in [0.25, 0.3) is 0 Å². The zero-order chi connectivity index (χ0) is 9.26. The number of carbonyl (C=O) groups is 1. The molecule has 3 nitrogen and oxygen atoms in total. The Labute approximate surface area is 83.4 Å². The van der Waals surface area contributed by atoms with E-state index in [1.54, 1.807) is 0 Å². The Hall–Kier alpha value is -0.440. The number of hydrogen-bond acceptors (Lipinski definition) is 1. The van der Waals surface area contributed by atoms with Crippen LogP contribution in [-0.4, -0.2) is 35.4 Å². The Morgan fingerprint density at radius 1 is 1.46 bits per heavy atom. The summed E-state index contributed by atoms with van der Waals surface area (Å²) in [5, 5.41) is 3.02. The van der Waals surface area contributed by atoms with Crippen LogP contribution in [0.4, 0.5) is 4.79 Å². The summed E-state index contributed by atoms with van der Waals surface area (Å²) in [5.74, 6) is 0.538. The molecule has 2 aliphatic rings. The Morgan fingerprint density at radius 3 is 3.00 bits per heavy atom. The van der Waals surface area contributed by atoms with Crippen LogP contribution < -0.4 is 5.32 Å². The maximum Gasteiger partial charge on any atom is 0.318 e. The molecule has 1 aliphatic carbocycles. The first-order valence-electron chi connectivity index (χ1n) is 4.96. The summed E-state index contributed by atoms with van der Waals surface area (Å²) < 4.78 is 0. The third-order valence-corrected chi connectivity index (χ3v) is 3.19. The van der Waals surface area contributed by atoms with E-state index in [1.807, 2.05) is 4.90 Å². The van der Waals surface area contributed by atoms with Crippen LogP contribution in [0.2, 0.25) is 0 Å². The predicted molar refractivity (Wildman–Crippen MR) is 52.0 cm³/mol. The number of nitrogens with one attached hydrogen (secondary N) is 1. The lowest BCUT2D eigenvalue weighted by molar-refractivity contribution is 0.196. The number of carbonyl (C=O) groups excluding carboxylic acids is 1. The van der Waals surface area contributed by atoms with Gasteiger partial charge in [0.1, 0.15) is 0 Å². The zero-order valence-corrected chi connectivity index (χ0v) is 8.39. The molecular formula is C9H15ClN2O. The lowest BCUT2D eigenvalue weighted by Crippen LogP contribution is -2.39. The molecule has 2 atom stereocenters. The van der Waals surface area contributed by atoms with E-state index in [9.17, 15) is 4.79 Å². The number of hydrogen-bond donors (Lipinski definition) is 1. The third kappa shape index (κ3) is 1.62. The van der Waals surface area contributed by atoms with Gasteiger partial charge in [0.15, 0.2) is 0 Å². The molecule has 0 aromatic heterocycles. The second-order valence-corrected chi connectivity index (χ2v) is 4.17. The van der Waals surface area contributed by atoms with Crippen LogP contribution in [0.5, 0.6) is 0 Å². The number of nitrogens with zero attached hydrogens (tertiary/aromatic N) is 1. The third-order valence-electron chi connectivity index (χ3n) is 3.02. The van der Waals surface area contributed by atoms with Crippen molar-refractivity contribution in [2.75, 3.05) is 12.4 Å². The topological polar surface area (TPSA) is 32.3 Å². The van der Waals surface area contributed by atoms with Crippen molar-refractivity contribution in [3.8, 4) is 0 Å². The fourth-order valence-electron chi connectivity index (χ4n) is 2.40. The molecule has 1 heterocycles. The maximum atomic E-state index is 11.5. The molecule has 0 radical (unpaired) electrons. The van der Waals surface area contributed by atoms with Crippen LogP contribution in [0, 0.1) is 0 Å². The standard InChI is InChI=1S/C9H15ClN2O/c10-5-6-12-8-4-2-1-3-7(8)11-9(12)13/h7-8H,1-6H2,(H,11,13). The summed E-state index contributed by atoms with van der Waals surface area (Å²) in [6, 6.07) is 0.891. The average molecular weight is 203 g/mol. The minimum atomic E-state index is 0.0811. The van der Waals surface area contributed by atoms with E-state index in [0.717, 1.165) is 12.8 Å². The van der Waals surface area contributed by atoms with Gasteiger partial charge in [0.2, 0.25) is 0 Å². The Balaban J connectivity index is 2.04. The van der Waals surface area contributed by atoms with Gasteiger partial charge in [-0.15, -0.1) is 11.6 Å². The van der Waals surface area contributed by atoms with Gasteiger partial charge < -0.3 is 10.2 Å². The highest BCUT2D eigenvalue weighted by Gasteiger charge is 2.39. The second-order valence-electron chi connectivity index (χ2n) is 3.79. The minimum Gasteiger partial charge on any atom is -0.333 e. The first-order valence-corrected chi connectivity index (χ1v) is 5.49. The summed E-state index contributed by atoms with van der Waals surface area (Å²) in [5.41, 5.74) is 0. The molecule has 2 unspecified atom stereocenters. The van der Waals surface area contributed by atoms with Gasteiger partial charge in [0.05, 0.1) is 12.1 Å². The molecule has 1 saturated heterocycles. The molecule has 1 aliphatic heterocycles. The minimum absolute atomic E-state index is 0.0811. The van der Waals surface area contributed by atoms with Crippen molar-refractivity contribution in [1.29, 1.82) is 0 Å². The molecule has 4 heteroatoms. The molecule has 13 heavy (non-hydrogen) atoms. The molecule has 1 saturated carbocycles. The molecule has 0 aromatic carbocycles. The lowest BCUT2D eigenvalue weighted by atomic mass is 9.91. The van der Waals surface area contributed by atoms with E-state index in [2.05, 4.69) is 5.32 Å². The number of alkyl halides is 1. The number of amides is 2. The van der Waals surface area contributed by atoms with E-state index in [0.29, 0.717) is 24.5 Å². The highest BCUT2D eigenvalue weighted by Crippen LogP contribution is 2.27. The molecule has 74 valence electrons. The van der Waals surface area contributed by atoms with Crippen molar-refractivity contribution in [2.24, 2.45) is 0 Å². The molecule has 0 spiro atoms. The van der Waals surface area contributed by atoms with Gasteiger partial charge in [-0.3, -0.25) is 0 Å². The van der Waals surface area contributed by atoms with Crippen molar-refractivity contribution in [3.63, 3.8) is 0 Å². The smallest absolute Gasteiger partial charge is 0.318 e. The Bertz CT molecular complexity index is 210. The summed E-state index contributed by atoms with van der Waals surface area (Å²) in [7, 11) is 0. The van der Waals surface area contributed by atoms with E-state index in [-0.39, 0.29) is 6.03 Å². The number of urea groups is 1. The zero-order valence-electron chi connectivity index (χ0n) is 7.63. The van der Waals surface area contributed by atoms with Crippen molar-refractivity contribution < 1.29 is 4.79 Å². The van der Waals surface area contributed by atoms with Gasteiger partial charge in [-0.25, -0.2) is 4.79 Å². The molecule has 2 rings (SSSR count). The molecule has 1 N–H and O–H groups in total. The van der Waals surface area contributed by atoms with Crippen LogP contribution in [-0.2, 0) is 0 Å². The van der Waals surface area contributed by atoms with Gasteiger partial charge in [-0.1, -0.05) is 12.8 Å². The van der Waals surface area contributed by atoms with Crippen LogP contribution in [0.3, 0.4) is 0 Å². The summed E-state index contributed by atoms with van der Waals surface area (Å²) in [4.78, 5) is 13.4. The lowest BCUT2D eigenvalue weighted by Gasteiger charge is -2.29. The highest BCUT2D eigenvalue weighted by atomic mass is 35.5. The van der Waals surface area contributed by atoms with E-state index in [1.165, 1.54) is 12.8 Å².